The van der Waals surface area contributed by atoms with Crippen molar-refractivity contribution in [3.8, 4) is 0 Å². The minimum Gasteiger partial charge on any atom is -0.443 e. The van der Waals surface area contributed by atoms with Crippen molar-refractivity contribution >= 4 is 47.3 Å². The fraction of sp³-hybridized carbons (Fsp3) is 0.489. The van der Waals surface area contributed by atoms with Crippen LogP contribution in [0.1, 0.15) is 103 Å². The number of ether oxygens (including phenoxy) is 2. The van der Waals surface area contributed by atoms with Gasteiger partial charge in [0.1, 0.15) is 5.60 Å². The lowest BCUT2D eigenvalue weighted by atomic mass is 9.83. The largest absolute Gasteiger partial charge is 0.443 e. The van der Waals surface area contributed by atoms with E-state index >= 15 is 0 Å². The number of likely N-dealkylation sites (tertiary alicyclic amines) is 1. The Balaban J connectivity index is 1.10. The highest BCUT2D eigenvalue weighted by molar-refractivity contribution is 6.99. The molecule has 8 rings (SSSR count). The van der Waals surface area contributed by atoms with Crippen molar-refractivity contribution in [1.82, 2.24) is 24.6 Å². The number of carbonyl (C=O) groups is 1. The number of halogens is 3. The van der Waals surface area contributed by atoms with Crippen molar-refractivity contribution < 1.29 is 31.9 Å². The quantitative estimate of drug-likeness (QED) is 0.136. The van der Waals surface area contributed by atoms with Crippen LogP contribution in [0.2, 0.25) is 5.04 Å². The van der Waals surface area contributed by atoms with Gasteiger partial charge in [0.25, 0.3) is 8.32 Å². The summed E-state index contributed by atoms with van der Waals surface area (Å²) in [5.41, 5.74) is -0.314. The van der Waals surface area contributed by atoms with Crippen LogP contribution in [0, 0.1) is 6.92 Å². The van der Waals surface area contributed by atoms with Crippen molar-refractivity contribution in [2.45, 2.75) is 121 Å². The summed E-state index contributed by atoms with van der Waals surface area (Å²) in [5, 5.41) is 6.91. The number of rotatable bonds is 9. The molecule has 0 radical (unpaired) electrons. The molecule has 1 amide bonds. The lowest BCUT2D eigenvalue weighted by molar-refractivity contribution is -0.138. The normalized spacial score (nSPS) is 20.9. The van der Waals surface area contributed by atoms with Crippen LogP contribution in [0.4, 0.5) is 29.6 Å². The Kier molecular flexibility index (Phi) is 11.2. The van der Waals surface area contributed by atoms with Gasteiger partial charge in [0, 0.05) is 11.6 Å². The summed E-state index contributed by atoms with van der Waals surface area (Å²) in [4.78, 5) is 26.7. The van der Waals surface area contributed by atoms with E-state index in [1.807, 2.05) is 23.7 Å². The first-order valence-electron chi connectivity index (χ1n) is 21.4. The second-order valence-corrected chi connectivity index (χ2v) is 23.4. The molecule has 1 aliphatic carbocycles. The van der Waals surface area contributed by atoms with Gasteiger partial charge in [-0.3, -0.25) is 9.58 Å². The second-order valence-electron chi connectivity index (χ2n) is 19.2. The van der Waals surface area contributed by atoms with E-state index in [4.69, 9.17) is 18.9 Å². The molecule has 2 aromatic heterocycles. The summed E-state index contributed by atoms with van der Waals surface area (Å²) in [5.74, 6) is -0.388. The standard InChI is InChI=1S/C47H57F3N6O4Si/c1-31-40(28-52-56(31)34-19-20-34)55(43(57)59-44(2,3)4)42-51-27-33-25-38(47(48,49)50)37(26-39(33)53-42)32-21-23-54(24-22-32)46(8)30-58-29-41(46)60-61(45(5,6)7,35-15-11-9-12-16-35)36-17-13-10-14-18-36/h9-18,25-28,32,34,41H,19-24,29-30H2,1-8H3/t41-,46+/m1/s1. The molecular formula is C47H57F3N6O4Si. The van der Waals surface area contributed by atoms with Gasteiger partial charge in [-0.1, -0.05) is 81.4 Å². The van der Waals surface area contributed by atoms with Gasteiger partial charge < -0.3 is 13.9 Å². The number of aromatic nitrogens is 4. The Morgan fingerprint density at radius 2 is 1.52 bits per heavy atom. The molecule has 0 spiro atoms. The van der Waals surface area contributed by atoms with Crippen LogP contribution in [-0.4, -0.2) is 82.6 Å². The average molecular weight is 855 g/mol. The molecule has 0 N–H and O–H groups in total. The van der Waals surface area contributed by atoms with Crippen LogP contribution in [0.3, 0.4) is 0 Å². The number of carbonyl (C=O) groups excluding carboxylic acids is 1. The average Bonchev–Trinajstić information content (AvgIpc) is 3.89. The topological polar surface area (TPSA) is 94.8 Å². The van der Waals surface area contributed by atoms with Gasteiger partial charge in [-0.05, 0) is 112 Å². The molecule has 2 aliphatic heterocycles. The molecule has 0 bridgehead atoms. The summed E-state index contributed by atoms with van der Waals surface area (Å²) in [6.45, 7) is 18.1. The molecule has 3 aromatic carbocycles. The number of nitrogens with zero attached hydrogens (tertiary/aromatic N) is 6. The van der Waals surface area contributed by atoms with Gasteiger partial charge in [-0.2, -0.15) is 18.3 Å². The molecule has 0 unspecified atom stereocenters. The van der Waals surface area contributed by atoms with Crippen LogP contribution in [0.15, 0.2) is 85.2 Å². The number of piperidine rings is 1. The molecule has 2 saturated heterocycles. The van der Waals surface area contributed by atoms with Crippen LogP contribution in [-0.2, 0) is 20.1 Å². The number of hydrogen-bond acceptors (Lipinski definition) is 8. The SMILES string of the molecule is Cc1c(N(C(=O)OC(C)(C)C)c2ncc3cc(C(F)(F)F)c(C4CCN([C@@]5(C)COC[C@H]5O[Si](c5ccccc5)(c5ccccc5)C(C)(C)C)CC4)cc3n2)cnn1C1CC1. The van der Waals surface area contributed by atoms with Crippen LogP contribution in [0.5, 0.6) is 0 Å². The number of benzene rings is 3. The van der Waals surface area contributed by atoms with Crippen LogP contribution in [0.25, 0.3) is 10.9 Å². The van der Waals surface area contributed by atoms with Gasteiger partial charge in [-0.25, -0.2) is 19.7 Å². The van der Waals surface area contributed by atoms with Crippen molar-refractivity contribution in [3.63, 3.8) is 0 Å². The van der Waals surface area contributed by atoms with Crippen LogP contribution >= 0.6 is 0 Å². The van der Waals surface area contributed by atoms with Crippen molar-refractivity contribution in [2.24, 2.45) is 0 Å². The Bertz CT molecular complexity index is 2330. The summed E-state index contributed by atoms with van der Waals surface area (Å²) < 4.78 is 66.4. The number of hydrogen-bond donors (Lipinski definition) is 0. The maximum atomic E-state index is 14.9. The highest BCUT2D eigenvalue weighted by atomic mass is 28.4. The molecule has 3 fully saturated rings. The minimum atomic E-state index is -4.60. The first-order chi connectivity index (χ1) is 28.8. The highest BCUT2D eigenvalue weighted by Gasteiger charge is 2.56. The zero-order valence-electron chi connectivity index (χ0n) is 36.4. The summed E-state index contributed by atoms with van der Waals surface area (Å²) >= 11 is 0. The molecule has 61 heavy (non-hydrogen) atoms. The summed E-state index contributed by atoms with van der Waals surface area (Å²) in [7, 11) is -2.93. The van der Waals surface area contributed by atoms with Gasteiger partial charge in [0.2, 0.25) is 5.95 Å². The fourth-order valence-electron chi connectivity index (χ4n) is 9.40. The van der Waals surface area contributed by atoms with E-state index in [1.165, 1.54) is 21.5 Å². The summed E-state index contributed by atoms with van der Waals surface area (Å²) in [6.07, 6.45) is 0.352. The van der Waals surface area contributed by atoms with E-state index < -0.39 is 43.2 Å². The molecular weight excluding hydrogens is 798 g/mol. The van der Waals surface area contributed by atoms with Gasteiger partial charge in [0.15, 0.2) is 0 Å². The number of anilines is 2. The number of fused-ring (bicyclic) bond motifs is 1. The van der Waals surface area contributed by atoms with E-state index in [0.29, 0.717) is 50.3 Å². The third-order valence-corrected chi connectivity index (χ3v) is 17.8. The first kappa shape index (κ1) is 43.0. The van der Waals surface area contributed by atoms with Crippen molar-refractivity contribution in [1.29, 1.82) is 0 Å². The molecule has 2 atom stereocenters. The molecule has 1 saturated carbocycles. The van der Waals surface area contributed by atoms with E-state index in [-0.39, 0.29) is 34.1 Å². The summed E-state index contributed by atoms with van der Waals surface area (Å²) in [6, 6.07) is 24.0. The smallest absolute Gasteiger partial charge is 0.422 e. The van der Waals surface area contributed by atoms with E-state index in [2.05, 4.69) is 91.2 Å². The second kappa shape index (κ2) is 15.9. The van der Waals surface area contributed by atoms with E-state index in [9.17, 15) is 18.0 Å². The van der Waals surface area contributed by atoms with Crippen LogP contribution < -0.4 is 15.3 Å². The van der Waals surface area contributed by atoms with E-state index in [0.717, 1.165) is 24.6 Å². The lowest BCUT2D eigenvalue weighted by Gasteiger charge is -2.50. The maximum Gasteiger partial charge on any atom is 0.422 e. The zero-order valence-corrected chi connectivity index (χ0v) is 37.4. The molecule has 3 aliphatic rings. The predicted molar refractivity (Wildman–Crippen MR) is 233 cm³/mol. The number of alkyl halides is 3. The first-order valence-corrected chi connectivity index (χ1v) is 23.3. The van der Waals surface area contributed by atoms with Gasteiger partial charge in [0.05, 0.1) is 59.6 Å². The molecule has 14 heteroatoms. The third kappa shape index (κ3) is 8.24. The molecule has 4 heterocycles. The molecule has 324 valence electrons. The third-order valence-electron chi connectivity index (χ3n) is 12.7. The molecule has 10 nitrogen and oxygen atoms in total. The lowest BCUT2D eigenvalue weighted by Crippen LogP contribution is -2.70. The van der Waals surface area contributed by atoms with E-state index in [1.54, 1.807) is 33.0 Å². The molecule has 5 aromatic rings. The Morgan fingerprint density at radius 3 is 2.08 bits per heavy atom. The zero-order chi connectivity index (χ0) is 43.5. The van der Waals surface area contributed by atoms with Gasteiger partial charge >= 0.3 is 12.3 Å². The Hall–Kier alpha value is -4.63. The predicted octanol–water partition coefficient (Wildman–Crippen LogP) is 9.48. The monoisotopic (exact) mass is 854 g/mol. The van der Waals surface area contributed by atoms with Crippen molar-refractivity contribution in [3.05, 3.63) is 102 Å². The minimum absolute atomic E-state index is 0.00168. The highest BCUT2D eigenvalue weighted by Crippen LogP contribution is 2.45. The van der Waals surface area contributed by atoms with Gasteiger partial charge in [-0.15, -0.1) is 0 Å². The fourth-order valence-corrected chi connectivity index (χ4v) is 14.2. The maximum absolute atomic E-state index is 14.9. The Morgan fingerprint density at radius 1 is 0.902 bits per heavy atom. The van der Waals surface area contributed by atoms with Crippen molar-refractivity contribution in [2.75, 3.05) is 31.2 Å². The number of amides is 1. The Labute approximate surface area is 357 Å².